The molecule has 0 fully saturated rings. The molecule has 0 radical (unpaired) electrons. The summed E-state index contributed by atoms with van der Waals surface area (Å²) in [6.45, 7) is 9.54. The van der Waals surface area contributed by atoms with Gasteiger partial charge in [0.2, 0.25) is 0 Å². The molecule has 12 rings (SSSR count). The third-order valence-electron chi connectivity index (χ3n) is 14.2. The lowest BCUT2D eigenvalue weighted by molar-refractivity contribution is 0.632. The van der Waals surface area contributed by atoms with Crippen molar-refractivity contribution in [3.63, 3.8) is 0 Å². The number of hydrogen-bond donors (Lipinski definition) is 0. The van der Waals surface area contributed by atoms with Crippen molar-refractivity contribution in [3.8, 4) is 33.4 Å². The summed E-state index contributed by atoms with van der Waals surface area (Å²) in [6, 6.07) is 81.1. The summed E-state index contributed by atoms with van der Waals surface area (Å²) in [5, 5.41) is 4.90. The third-order valence-corrected chi connectivity index (χ3v) is 14.2. The first kappa shape index (κ1) is 38.0. The first-order valence-electron chi connectivity index (χ1n) is 22.5. The highest BCUT2D eigenvalue weighted by molar-refractivity contribution is 6.10. The maximum absolute atomic E-state index is 2.58. The highest BCUT2D eigenvalue weighted by atomic mass is 15.2. The van der Waals surface area contributed by atoms with Crippen LogP contribution < -0.4 is 9.80 Å². The number of nitrogens with zero attached hydrogens (tertiary/aromatic N) is 2. The third kappa shape index (κ3) is 5.72. The Morgan fingerprint density at radius 1 is 0.344 bits per heavy atom. The van der Waals surface area contributed by atoms with Gasteiger partial charge in [0.1, 0.15) is 0 Å². The van der Waals surface area contributed by atoms with Gasteiger partial charge in [-0.05, 0) is 109 Å². The van der Waals surface area contributed by atoms with Gasteiger partial charge in [-0.15, -0.1) is 0 Å². The zero-order chi connectivity index (χ0) is 43.2. The maximum atomic E-state index is 2.58. The van der Waals surface area contributed by atoms with E-state index in [1.54, 1.807) is 0 Å². The first-order chi connectivity index (χ1) is 31.3. The number of benzene rings is 10. The average molecular weight is 821 g/mol. The minimum Gasteiger partial charge on any atom is -0.308 e. The molecule has 0 saturated heterocycles. The van der Waals surface area contributed by atoms with E-state index in [0.717, 1.165) is 22.7 Å². The SMILES string of the molecule is CC1(C)c2ccccc2-c2ccc(N(c3ccccc3-c3ccccc3)c3ccc4ccccc4c3N3c4ccccc4C(C)(C)c4cc(-c5cccc6ccccc56)ccc43)cc21. The zero-order valence-corrected chi connectivity index (χ0v) is 36.7. The summed E-state index contributed by atoms with van der Waals surface area (Å²) in [6.07, 6.45) is 0. The van der Waals surface area contributed by atoms with E-state index in [1.165, 1.54) is 88.6 Å². The Morgan fingerprint density at radius 2 is 0.938 bits per heavy atom. The van der Waals surface area contributed by atoms with Gasteiger partial charge in [-0.1, -0.05) is 204 Å². The predicted octanol–water partition coefficient (Wildman–Crippen LogP) is 17.2. The quantitative estimate of drug-likeness (QED) is 0.165. The molecule has 0 aromatic heterocycles. The monoisotopic (exact) mass is 820 g/mol. The molecule has 2 heteroatoms. The normalized spacial score (nSPS) is 14.2. The molecule has 0 atom stereocenters. The lowest BCUT2D eigenvalue weighted by Gasteiger charge is -2.44. The van der Waals surface area contributed by atoms with Crippen molar-refractivity contribution in [1.29, 1.82) is 0 Å². The summed E-state index contributed by atoms with van der Waals surface area (Å²) in [5.41, 5.74) is 19.2. The van der Waals surface area contributed by atoms with Crippen LogP contribution in [0.5, 0.6) is 0 Å². The van der Waals surface area contributed by atoms with Gasteiger partial charge < -0.3 is 9.80 Å². The van der Waals surface area contributed by atoms with Crippen molar-refractivity contribution in [2.24, 2.45) is 0 Å². The molecular formula is C62H48N2. The molecule has 0 spiro atoms. The van der Waals surface area contributed by atoms with Crippen LogP contribution in [0, 0.1) is 0 Å². The topological polar surface area (TPSA) is 6.48 Å². The molecule has 1 aliphatic carbocycles. The molecule has 64 heavy (non-hydrogen) atoms. The van der Waals surface area contributed by atoms with Crippen LogP contribution in [0.25, 0.3) is 54.9 Å². The molecular weight excluding hydrogens is 773 g/mol. The van der Waals surface area contributed by atoms with Crippen LogP contribution >= 0.6 is 0 Å². The number of rotatable bonds is 6. The number of anilines is 6. The van der Waals surface area contributed by atoms with Gasteiger partial charge in [-0.2, -0.15) is 0 Å². The molecule has 1 aliphatic heterocycles. The van der Waals surface area contributed by atoms with Crippen molar-refractivity contribution < 1.29 is 0 Å². The number of para-hydroxylation sites is 2. The van der Waals surface area contributed by atoms with Crippen LogP contribution in [0.2, 0.25) is 0 Å². The molecule has 0 saturated carbocycles. The lowest BCUT2D eigenvalue weighted by atomic mass is 9.72. The van der Waals surface area contributed by atoms with Gasteiger partial charge in [-0.25, -0.2) is 0 Å². The highest BCUT2D eigenvalue weighted by Gasteiger charge is 2.40. The average Bonchev–Trinajstić information content (AvgIpc) is 3.57. The Bertz CT molecular complexity index is 3460. The Balaban J connectivity index is 1.16. The molecule has 0 amide bonds. The standard InChI is InChI=1S/C62H48N2/c1-61(2)52-29-14-12-27-50(52)51-36-35-45(40-54(51)61)63(56-31-16-13-25-48(56)42-19-6-5-7-20-42)59-38-33-43-22-9-11-26-49(43)60(59)64-57-32-17-15-30-53(57)62(3,4)55-39-44(34-37-58(55)64)47-28-18-23-41-21-8-10-24-46(41)47/h5-40H,1-4H3. The second-order valence-electron chi connectivity index (χ2n) is 18.5. The summed E-state index contributed by atoms with van der Waals surface area (Å²) in [5.74, 6) is 0. The van der Waals surface area contributed by atoms with Gasteiger partial charge in [0.05, 0.1) is 28.4 Å². The van der Waals surface area contributed by atoms with Crippen LogP contribution in [0.1, 0.15) is 49.9 Å². The van der Waals surface area contributed by atoms with Crippen LogP contribution in [0.3, 0.4) is 0 Å². The number of fused-ring (bicyclic) bond motifs is 7. The number of hydrogen-bond acceptors (Lipinski definition) is 2. The van der Waals surface area contributed by atoms with Crippen LogP contribution in [-0.2, 0) is 10.8 Å². The van der Waals surface area contributed by atoms with Gasteiger partial charge in [0.15, 0.2) is 0 Å². The van der Waals surface area contributed by atoms with E-state index in [-0.39, 0.29) is 10.8 Å². The van der Waals surface area contributed by atoms with Gasteiger partial charge in [0.25, 0.3) is 0 Å². The Morgan fingerprint density at radius 3 is 1.77 bits per heavy atom. The van der Waals surface area contributed by atoms with E-state index in [4.69, 9.17) is 0 Å². The molecule has 2 nitrogen and oxygen atoms in total. The van der Waals surface area contributed by atoms with E-state index in [1.807, 2.05) is 0 Å². The van der Waals surface area contributed by atoms with Crippen molar-refractivity contribution in [2.75, 3.05) is 9.80 Å². The zero-order valence-electron chi connectivity index (χ0n) is 36.7. The molecule has 306 valence electrons. The highest BCUT2D eigenvalue weighted by Crippen LogP contribution is 2.58. The van der Waals surface area contributed by atoms with Crippen molar-refractivity contribution >= 4 is 55.7 Å². The second-order valence-corrected chi connectivity index (χ2v) is 18.5. The molecule has 10 aromatic rings. The molecule has 2 aliphatic rings. The summed E-state index contributed by atoms with van der Waals surface area (Å²) in [7, 11) is 0. The molecule has 1 heterocycles. The largest absolute Gasteiger partial charge is 0.308 e. The van der Waals surface area contributed by atoms with Crippen LogP contribution in [-0.4, -0.2) is 0 Å². The van der Waals surface area contributed by atoms with E-state index < -0.39 is 0 Å². The Labute approximate surface area is 376 Å². The Hall–Kier alpha value is -7.68. The van der Waals surface area contributed by atoms with Crippen molar-refractivity contribution in [2.45, 2.75) is 38.5 Å². The van der Waals surface area contributed by atoms with Crippen molar-refractivity contribution in [3.05, 3.63) is 241 Å². The minimum atomic E-state index is -0.284. The fourth-order valence-electron chi connectivity index (χ4n) is 11.0. The first-order valence-corrected chi connectivity index (χ1v) is 22.5. The summed E-state index contributed by atoms with van der Waals surface area (Å²) >= 11 is 0. The lowest BCUT2D eigenvalue weighted by Crippen LogP contribution is -2.31. The minimum absolute atomic E-state index is 0.170. The van der Waals surface area contributed by atoms with E-state index >= 15 is 0 Å². The van der Waals surface area contributed by atoms with Crippen molar-refractivity contribution in [1.82, 2.24) is 0 Å². The Kier molecular flexibility index (Phi) is 8.58. The molecule has 0 unspecified atom stereocenters. The molecule has 0 bridgehead atoms. The fourth-order valence-corrected chi connectivity index (χ4v) is 11.0. The van der Waals surface area contributed by atoms with Crippen LogP contribution in [0.15, 0.2) is 218 Å². The van der Waals surface area contributed by atoms with E-state index in [9.17, 15) is 0 Å². The van der Waals surface area contributed by atoms with Crippen LogP contribution in [0.4, 0.5) is 34.1 Å². The molecule has 10 aromatic carbocycles. The maximum Gasteiger partial charge on any atom is 0.0781 e. The van der Waals surface area contributed by atoms with E-state index in [2.05, 4.69) is 256 Å². The van der Waals surface area contributed by atoms with E-state index in [0.29, 0.717) is 0 Å². The smallest absolute Gasteiger partial charge is 0.0781 e. The summed E-state index contributed by atoms with van der Waals surface area (Å²) in [4.78, 5) is 5.11. The predicted molar refractivity (Wildman–Crippen MR) is 271 cm³/mol. The van der Waals surface area contributed by atoms with Gasteiger partial charge >= 0.3 is 0 Å². The fraction of sp³-hybridized carbons (Fsp3) is 0.0968. The van der Waals surface area contributed by atoms with Gasteiger partial charge in [-0.3, -0.25) is 0 Å². The molecule has 0 N–H and O–H groups in total. The second kappa shape index (κ2) is 14.4. The van der Waals surface area contributed by atoms with Gasteiger partial charge in [0, 0.05) is 27.5 Å². The summed E-state index contributed by atoms with van der Waals surface area (Å²) < 4.78 is 0.